The number of carbonyl (C=O) groups excluding carboxylic acids is 1. The van der Waals surface area contributed by atoms with Gasteiger partial charge in [0, 0.05) is 58.0 Å². The van der Waals surface area contributed by atoms with Crippen molar-refractivity contribution in [3.8, 4) is 0 Å². The molecule has 1 aromatic rings. The molecule has 0 bridgehead atoms. The Morgan fingerprint density at radius 1 is 0.909 bits per heavy atom. The fourth-order valence-electron chi connectivity index (χ4n) is 4.36. The van der Waals surface area contributed by atoms with Gasteiger partial charge in [-0.25, -0.2) is 17.2 Å². The highest BCUT2D eigenvalue weighted by molar-refractivity contribution is 7.89. The van der Waals surface area contributed by atoms with Crippen LogP contribution in [0.4, 0.5) is 14.5 Å². The summed E-state index contributed by atoms with van der Waals surface area (Å²) in [6, 6.07) is 4.70. The van der Waals surface area contributed by atoms with Gasteiger partial charge >= 0.3 is 0 Å². The third kappa shape index (κ3) is 5.62. The molecule has 3 aliphatic rings. The lowest BCUT2D eigenvalue weighted by Crippen LogP contribution is -2.50. The predicted octanol–water partition coefficient (Wildman–Crippen LogP) is 0.567. The van der Waals surface area contributed by atoms with Crippen LogP contribution in [0.2, 0.25) is 0 Å². The van der Waals surface area contributed by atoms with Crippen molar-refractivity contribution in [2.75, 3.05) is 90.2 Å². The number of hydrogen-bond acceptors (Lipinski definition) is 7. The highest BCUT2D eigenvalue weighted by Crippen LogP contribution is 2.28. The van der Waals surface area contributed by atoms with E-state index in [1.54, 1.807) is 21.9 Å². The van der Waals surface area contributed by atoms with E-state index in [1.165, 1.54) is 10.4 Å². The Morgan fingerprint density at radius 3 is 2.12 bits per heavy atom. The molecule has 1 aromatic carbocycles. The summed E-state index contributed by atoms with van der Waals surface area (Å²) in [6.07, 6.45) is -2.41. The van der Waals surface area contributed by atoms with E-state index >= 15 is 0 Å². The van der Waals surface area contributed by atoms with Gasteiger partial charge in [-0.3, -0.25) is 9.69 Å². The number of carbonyl (C=O) groups is 1. The quantitative estimate of drug-likeness (QED) is 0.579. The third-order valence-electron chi connectivity index (χ3n) is 6.21. The Hall–Kier alpha value is -1.86. The van der Waals surface area contributed by atoms with Crippen molar-refractivity contribution < 1.29 is 31.5 Å². The third-order valence-corrected chi connectivity index (χ3v) is 8.11. The van der Waals surface area contributed by atoms with Crippen molar-refractivity contribution in [1.82, 2.24) is 14.1 Å². The van der Waals surface area contributed by atoms with Crippen LogP contribution in [0.5, 0.6) is 0 Å². The van der Waals surface area contributed by atoms with Gasteiger partial charge in [0.25, 0.3) is 12.3 Å². The summed E-state index contributed by atoms with van der Waals surface area (Å²) in [6.45, 7) is 4.46. The van der Waals surface area contributed by atoms with Crippen molar-refractivity contribution >= 4 is 21.6 Å². The van der Waals surface area contributed by atoms with Gasteiger partial charge in [0.05, 0.1) is 43.4 Å². The fraction of sp³-hybridized carbons (Fsp3) is 0.667. The average Bonchev–Trinajstić information content (AvgIpc) is 2.84. The molecule has 3 saturated heterocycles. The van der Waals surface area contributed by atoms with Crippen LogP contribution in [-0.2, 0) is 19.5 Å². The normalized spacial score (nSPS) is 21.5. The molecule has 0 N–H and O–H groups in total. The second kappa shape index (κ2) is 10.6. The molecule has 0 radical (unpaired) electrons. The van der Waals surface area contributed by atoms with Crippen LogP contribution < -0.4 is 4.90 Å². The SMILES string of the molecule is O=C(c1cc(S(=O)(=O)N2CCOCC2)ccc1N1CCOCC1)N1CCN(CC(F)F)CC1. The van der Waals surface area contributed by atoms with Crippen molar-refractivity contribution in [1.29, 1.82) is 0 Å². The van der Waals surface area contributed by atoms with Gasteiger partial charge < -0.3 is 19.3 Å². The maximum Gasteiger partial charge on any atom is 0.256 e. The molecule has 3 aliphatic heterocycles. The number of sulfonamides is 1. The van der Waals surface area contributed by atoms with E-state index in [0.29, 0.717) is 76.9 Å². The van der Waals surface area contributed by atoms with Crippen LogP contribution in [0.3, 0.4) is 0 Å². The number of hydrogen-bond donors (Lipinski definition) is 0. The maximum atomic E-state index is 13.5. The van der Waals surface area contributed by atoms with E-state index in [9.17, 15) is 22.0 Å². The Labute approximate surface area is 192 Å². The average molecular weight is 489 g/mol. The molecule has 1 amide bonds. The molecule has 0 atom stereocenters. The van der Waals surface area contributed by atoms with Gasteiger partial charge in [-0.1, -0.05) is 0 Å². The Kier molecular flexibility index (Phi) is 7.80. The zero-order chi connectivity index (χ0) is 23.4. The smallest absolute Gasteiger partial charge is 0.256 e. The number of amides is 1. The minimum atomic E-state index is -3.77. The lowest BCUT2D eigenvalue weighted by Gasteiger charge is -2.36. The van der Waals surface area contributed by atoms with Gasteiger partial charge in [-0.15, -0.1) is 0 Å². The molecule has 3 fully saturated rings. The number of anilines is 1. The molecule has 0 unspecified atom stereocenters. The summed E-state index contributed by atoms with van der Waals surface area (Å²) in [5.41, 5.74) is 0.979. The molecule has 3 heterocycles. The minimum absolute atomic E-state index is 0.0705. The number of ether oxygens (including phenoxy) is 2. The van der Waals surface area contributed by atoms with Crippen molar-refractivity contribution in [3.05, 3.63) is 23.8 Å². The van der Waals surface area contributed by atoms with E-state index in [4.69, 9.17) is 9.47 Å². The van der Waals surface area contributed by atoms with E-state index < -0.39 is 16.4 Å². The Balaban J connectivity index is 1.61. The topological polar surface area (TPSA) is 82.6 Å². The molecular formula is C21H30F2N4O5S. The number of rotatable bonds is 6. The number of nitrogens with zero attached hydrogens (tertiary/aromatic N) is 4. The number of piperazine rings is 1. The van der Waals surface area contributed by atoms with E-state index in [2.05, 4.69) is 0 Å². The predicted molar refractivity (Wildman–Crippen MR) is 117 cm³/mol. The summed E-state index contributed by atoms with van der Waals surface area (Å²) in [4.78, 5) is 18.9. The number of alkyl halides is 2. The molecule has 0 aliphatic carbocycles. The first-order valence-corrected chi connectivity index (χ1v) is 12.6. The maximum absolute atomic E-state index is 13.5. The number of morpholine rings is 2. The highest BCUT2D eigenvalue weighted by atomic mass is 32.2. The summed E-state index contributed by atoms with van der Waals surface area (Å²) < 4.78 is 63.9. The van der Waals surface area contributed by atoms with Crippen LogP contribution in [0, 0.1) is 0 Å². The summed E-state index contributed by atoms with van der Waals surface area (Å²) in [5.74, 6) is -0.285. The first kappa shape index (κ1) is 24.3. The van der Waals surface area contributed by atoms with Crippen LogP contribution in [0.1, 0.15) is 10.4 Å². The summed E-state index contributed by atoms with van der Waals surface area (Å²) >= 11 is 0. The van der Waals surface area contributed by atoms with Crippen molar-refractivity contribution in [2.24, 2.45) is 0 Å². The highest BCUT2D eigenvalue weighted by Gasteiger charge is 2.31. The Bertz CT molecular complexity index is 929. The number of benzene rings is 1. The van der Waals surface area contributed by atoms with E-state index in [0.717, 1.165) is 0 Å². The Morgan fingerprint density at radius 2 is 1.52 bits per heavy atom. The second-order valence-electron chi connectivity index (χ2n) is 8.28. The molecule has 0 saturated carbocycles. The van der Waals surface area contributed by atoms with Crippen molar-refractivity contribution in [3.63, 3.8) is 0 Å². The summed E-state index contributed by atoms with van der Waals surface area (Å²) in [5, 5.41) is 0. The minimum Gasteiger partial charge on any atom is -0.379 e. The molecule has 0 spiro atoms. The molecule has 9 nitrogen and oxygen atoms in total. The van der Waals surface area contributed by atoms with Crippen LogP contribution in [0.15, 0.2) is 23.1 Å². The van der Waals surface area contributed by atoms with Crippen LogP contribution in [0.25, 0.3) is 0 Å². The largest absolute Gasteiger partial charge is 0.379 e. The van der Waals surface area contributed by atoms with Crippen molar-refractivity contribution in [2.45, 2.75) is 11.3 Å². The van der Waals surface area contributed by atoms with Gasteiger partial charge in [0.2, 0.25) is 10.0 Å². The standard InChI is InChI=1S/C21H30F2N4O5S/c22-20(23)16-24-3-5-26(6-4-24)21(28)18-15-17(33(29,30)27-9-13-32-14-10-27)1-2-19(18)25-7-11-31-12-8-25/h1-2,15,20H,3-14,16H2. The molecular weight excluding hydrogens is 458 g/mol. The monoisotopic (exact) mass is 488 g/mol. The van der Waals surface area contributed by atoms with Gasteiger partial charge in [-0.05, 0) is 18.2 Å². The fourth-order valence-corrected chi connectivity index (χ4v) is 5.80. The first-order chi connectivity index (χ1) is 15.9. The molecule has 12 heteroatoms. The van der Waals surface area contributed by atoms with E-state index in [-0.39, 0.29) is 30.4 Å². The second-order valence-corrected chi connectivity index (χ2v) is 10.2. The van der Waals surface area contributed by atoms with Crippen LogP contribution >= 0.6 is 0 Å². The van der Waals surface area contributed by atoms with Gasteiger partial charge in [0.1, 0.15) is 0 Å². The summed E-state index contributed by atoms with van der Waals surface area (Å²) in [7, 11) is -3.77. The lowest BCUT2D eigenvalue weighted by molar-refractivity contribution is 0.0458. The first-order valence-electron chi connectivity index (χ1n) is 11.2. The molecule has 4 rings (SSSR count). The lowest BCUT2D eigenvalue weighted by atomic mass is 10.1. The van der Waals surface area contributed by atoms with Gasteiger partial charge in [-0.2, -0.15) is 4.31 Å². The van der Waals surface area contributed by atoms with E-state index in [1.807, 2.05) is 4.90 Å². The number of halogens is 2. The molecule has 0 aromatic heterocycles. The zero-order valence-corrected chi connectivity index (χ0v) is 19.3. The molecule has 184 valence electrons. The zero-order valence-electron chi connectivity index (χ0n) is 18.5. The van der Waals surface area contributed by atoms with Crippen LogP contribution in [-0.4, -0.2) is 120 Å². The molecule has 33 heavy (non-hydrogen) atoms. The van der Waals surface area contributed by atoms with Gasteiger partial charge in [0.15, 0.2) is 0 Å².